The van der Waals surface area contributed by atoms with Crippen molar-refractivity contribution in [1.29, 1.82) is 5.26 Å². The highest BCUT2D eigenvalue weighted by Crippen LogP contribution is 2.37. The van der Waals surface area contributed by atoms with E-state index in [2.05, 4.69) is 17.9 Å². The molecule has 1 aliphatic heterocycles. The number of aliphatic hydroxyl groups excluding tert-OH is 1. The van der Waals surface area contributed by atoms with Crippen molar-refractivity contribution < 1.29 is 9.84 Å². The minimum Gasteiger partial charge on any atom is -0.496 e. The Bertz CT molecular complexity index is 625. The zero-order chi connectivity index (χ0) is 17.8. The molecule has 0 bridgehead atoms. The number of ether oxygens (including phenoxy) is 1. The first-order valence-electron chi connectivity index (χ1n) is 9.61. The minimum atomic E-state index is -0.162. The Kier molecular flexibility index (Phi) is 5.98. The van der Waals surface area contributed by atoms with Gasteiger partial charge in [-0.3, -0.25) is 4.90 Å². The molecule has 4 atom stereocenters. The summed E-state index contributed by atoms with van der Waals surface area (Å²) in [5, 5.41) is 19.7. The van der Waals surface area contributed by atoms with Gasteiger partial charge in [-0.1, -0.05) is 19.4 Å². The summed E-state index contributed by atoms with van der Waals surface area (Å²) < 4.78 is 5.52. The molecule has 0 aromatic heterocycles. The molecular formula is C21H30N2O2. The number of aliphatic hydroxyl groups is 1. The highest BCUT2D eigenvalue weighted by atomic mass is 16.5. The molecule has 1 aliphatic carbocycles. The molecule has 0 spiro atoms. The average Bonchev–Trinajstić information content (AvgIpc) is 2.64. The summed E-state index contributed by atoms with van der Waals surface area (Å²) in [4.78, 5) is 2.54. The first-order valence-corrected chi connectivity index (χ1v) is 9.61. The second-order valence-electron chi connectivity index (χ2n) is 7.82. The Morgan fingerprint density at radius 3 is 2.88 bits per heavy atom. The van der Waals surface area contributed by atoms with Crippen LogP contribution in [0, 0.1) is 23.2 Å². The molecule has 4 unspecified atom stereocenters. The van der Waals surface area contributed by atoms with E-state index in [-0.39, 0.29) is 6.10 Å². The Hall–Kier alpha value is -1.57. The topological polar surface area (TPSA) is 56.5 Å². The van der Waals surface area contributed by atoms with E-state index in [0.717, 1.165) is 43.7 Å². The van der Waals surface area contributed by atoms with E-state index in [1.165, 1.54) is 19.3 Å². The monoisotopic (exact) mass is 342 g/mol. The SMILES string of the molecule is COc1cc(C#N)ccc1CN1CCCCC1C1CC(C)CCC1O. The van der Waals surface area contributed by atoms with Gasteiger partial charge >= 0.3 is 0 Å². The van der Waals surface area contributed by atoms with E-state index in [4.69, 9.17) is 10.00 Å². The number of hydrogen-bond donors (Lipinski definition) is 1. The van der Waals surface area contributed by atoms with Gasteiger partial charge in [-0.25, -0.2) is 0 Å². The van der Waals surface area contributed by atoms with Crippen molar-refractivity contribution in [2.24, 2.45) is 11.8 Å². The number of nitriles is 1. The van der Waals surface area contributed by atoms with E-state index in [1.807, 2.05) is 18.2 Å². The van der Waals surface area contributed by atoms with Gasteiger partial charge in [0.05, 0.1) is 24.8 Å². The lowest BCUT2D eigenvalue weighted by Gasteiger charge is -2.45. The van der Waals surface area contributed by atoms with Gasteiger partial charge in [0, 0.05) is 24.1 Å². The highest BCUT2D eigenvalue weighted by molar-refractivity contribution is 5.42. The Morgan fingerprint density at radius 2 is 2.12 bits per heavy atom. The molecule has 1 heterocycles. The lowest BCUT2D eigenvalue weighted by atomic mass is 9.74. The summed E-state index contributed by atoms with van der Waals surface area (Å²) in [6.45, 7) is 4.22. The van der Waals surface area contributed by atoms with E-state index in [1.54, 1.807) is 7.11 Å². The van der Waals surface area contributed by atoms with E-state index in [0.29, 0.717) is 23.4 Å². The van der Waals surface area contributed by atoms with Crippen LogP contribution in [0.4, 0.5) is 0 Å². The summed E-state index contributed by atoms with van der Waals surface area (Å²) in [5.74, 6) is 1.89. The summed E-state index contributed by atoms with van der Waals surface area (Å²) in [5.41, 5.74) is 1.76. The number of rotatable bonds is 4. The standard InChI is InChI=1S/C21H30N2O2/c1-15-6-9-20(24)18(11-15)19-5-3-4-10-23(19)14-17-8-7-16(13-22)12-21(17)25-2/h7-8,12,15,18-20,24H,3-6,9-11,14H2,1-2H3. The smallest absolute Gasteiger partial charge is 0.124 e. The van der Waals surface area contributed by atoms with Crippen molar-refractivity contribution >= 4 is 0 Å². The molecule has 2 aliphatic rings. The van der Waals surface area contributed by atoms with Crippen LogP contribution in [0.25, 0.3) is 0 Å². The first kappa shape index (κ1) is 18.2. The van der Waals surface area contributed by atoms with Gasteiger partial charge in [0.1, 0.15) is 5.75 Å². The third-order valence-corrected chi connectivity index (χ3v) is 6.07. The predicted octanol–water partition coefficient (Wildman–Crippen LogP) is 3.72. The lowest BCUT2D eigenvalue weighted by molar-refractivity contribution is -0.0205. The maximum atomic E-state index is 10.6. The molecule has 0 amide bonds. The molecule has 3 rings (SSSR count). The van der Waals surface area contributed by atoms with Crippen molar-refractivity contribution in [3.8, 4) is 11.8 Å². The van der Waals surface area contributed by atoms with E-state index >= 15 is 0 Å². The third-order valence-electron chi connectivity index (χ3n) is 6.07. The van der Waals surface area contributed by atoms with Crippen LogP contribution in [-0.4, -0.2) is 35.8 Å². The first-order chi connectivity index (χ1) is 12.1. The fraction of sp³-hybridized carbons (Fsp3) is 0.667. The average molecular weight is 342 g/mol. The van der Waals surface area contributed by atoms with Crippen molar-refractivity contribution in [3.05, 3.63) is 29.3 Å². The van der Waals surface area contributed by atoms with Crippen LogP contribution in [0.1, 0.15) is 56.6 Å². The molecule has 0 radical (unpaired) electrons. The second kappa shape index (κ2) is 8.21. The maximum Gasteiger partial charge on any atom is 0.124 e. The molecule has 4 heteroatoms. The van der Waals surface area contributed by atoms with Crippen LogP contribution in [0.2, 0.25) is 0 Å². The molecule has 2 fully saturated rings. The van der Waals surface area contributed by atoms with E-state index in [9.17, 15) is 5.11 Å². The van der Waals surface area contributed by atoms with Crippen LogP contribution < -0.4 is 4.74 Å². The van der Waals surface area contributed by atoms with Gasteiger partial charge in [-0.15, -0.1) is 0 Å². The molecular weight excluding hydrogens is 312 g/mol. The lowest BCUT2D eigenvalue weighted by Crippen LogP contribution is -2.49. The zero-order valence-corrected chi connectivity index (χ0v) is 15.4. The molecule has 136 valence electrons. The zero-order valence-electron chi connectivity index (χ0n) is 15.4. The largest absolute Gasteiger partial charge is 0.496 e. The Labute approximate surface area is 151 Å². The van der Waals surface area contributed by atoms with Crippen molar-refractivity contribution in [1.82, 2.24) is 4.90 Å². The normalized spacial score (nSPS) is 30.6. The molecule has 1 N–H and O–H groups in total. The maximum absolute atomic E-state index is 10.6. The molecule has 1 saturated heterocycles. The van der Waals surface area contributed by atoms with Gasteiger partial charge in [0.25, 0.3) is 0 Å². The van der Waals surface area contributed by atoms with Crippen molar-refractivity contribution in [3.63, 3.8) is 0 Å². The van der Waals surface area contributed by atoms with Crippen LogP contribution in [0.5, 0.6) is 5.75 Å². The second-order valence-corrected chi connectivity index (χ2v) is 7.82. The van der Waals surface area contributed by atoms with Gasteiger partial charge in [0.2, 0.25) is 0 Å². The van der Waals surface area contributed by atoms with Gasteiger partial charge in [0.15, 0.2) is 0 Å². The van der Waals surface area contributed by atoms with Crippen LogP contribution >= 0.6 is 0 Å². The number of nitrogens with zero attached hydrogens (tertiary/aromatic N) is 2. The van der Waals surface area contributed by atoms with Gasteiger partial charge in [-0.05, 0) is 56.7 Å². The molecule has 25 heavy (non-hydrogen) atoms. The van der Waals surface area contributed by atoms with Crippen LogP contribution in [0.3, 0.4) is 0 Å². The Morgan fingerprint density at radius 1 is 1.28 bits per heavy atom. The molecule has 1 saturated carbocycles. The Balaban J connectivity index is 1.79. The summed E-state index contributed by atoms with van der Waals surface area (Å²) in [6.07, 6.45) is 6.70. The van der Waals surface area contributed by atoms with Gasteiger partial charge in [-0.2, -0.15) is 5.26 Å². The number of piperidine rings is 1. The van der Waals surface area contributed by atoms with Crippen molar-refractivity contribution in [2.45, 2.75) is 64.1 Å². The van der Waals surface area contributed by atoms with Crippen LogP contribution in [0.15, 0.2) is 18.2 Å². The summed E-state index contributed by atoms with van der Waals surface area (Å²) in [6, 6.07) is 8.34. The quantitative estimate of drug-likeness (QED) is 0.906. The highest BCUT2D eigenvalue weighted by Gasteiger charge is 2.37. The predicted molar refractivity (Wildman–Crippen MR) is 98.3 cm³/mol. The fourth-order valence-corrected chi connectivity index (χ4v) is 4.68. The molecule has 1 aromatic rings. The van der Waals surface area contributed by atoms with Crippen LogP contribution in [-0.2, 0) is 6.54 Å². The third kappa shape index (κ3) is 4.16. The summed E-state index contributed by atoms with van der Waals surface area (Å²) in [7, 11) is 1.67. The summed E-state index contributed by atoms with van der Waals surface area (Å²) >= 11 is 0. The fourth-order valence-electron chi connectivity index (χ4n) is 4.68. The van der Waals surface area contributed by atoms with Crippen molar-refractivity contribution in [2.75, 3.05) is 13.7 Å². The minimum absolute atomic E-state index is 0.162. The molecule has 1 aromatic carbocycles. The number of benzene rings is 1. The number of hydrogen-bond acceptors (Lipinski definition) is 4. The van der Waals surface area contributed by atoms with E-state index < -0.39 is 0 Å². The molecule has 4 nitrogen and oxygen atoms in total. The number of likely N-dealkylation sites (tertiary alicyclic amines) is 1. The van der Waals surface area contributed by atoms with Gasteiger partial charge < -0.3 is 9.84 Å². The number of methoxy groups -OCH3 is 1.